The van der Waals surface area contributed by atoms with Crippen LogP contribution in [0.4, 0.5) is 0 Å². The van der Waals surface area contributed by atoms with Gasteiger partial charge < -0.3 is 19.8 Å². The van der Waals surface area contributed by atoms with E-state index in [1.54, 1.807) is 54.4 Å². The number of aromatic amines is 1. The largest absolute Gasteiger partial charge is 0.507 e. The van der Waals surface area contributed by atoms with Crippen LogP contribution in [0.25, 0.3) is 11.3 Å². The van der Waals surface area contributed by atoms with E-state index in [2.05, 4.69) is 10.2 Å². The van der Waals surface area contributed by atoms with Crippen LogP contribution < -0.4 is 4.74 Å². The van der Waals surface area contributed by atoms with Crippen LogP contribution in [0.15, 0.2) is 42.5 Å². The van der Waals surface area contributed by atoms with Crippen LogP contribution in [0.5, 0.6) is 17.2 Å². The molecular weight excluding hydrogens is 346 g/mol. The first kappa shape index (κ1) is 17.0. The summed E-state index contributed by atoms with van der Waals surface area (Å²) in [4.78, 5) is 14.3. The lowest BCUT2D eigenvalue weighted by molar-refractivity contribution is 0.0787. The molecule has 1 aromatic heterocycles. The Labute approximate surface area is 155 Å². The third-order valence-corrected chi connectivity index (χ3v) is 4.76. The molecule has 0 saturated heterocycles. The van der Waals surface area contributed by atoms with E-state index in [1.165, 1.54) is 0 Å². The maximum Gasteiger partial charge on any atom is 0.272 e. The van der Waals surface area contributed by atoms with Crippen molar-refractivity contribution in [2.75, 3.05) is 13.7 Å². The summed E-state index contributed by atoms with van der Waals surface area (Å²) in [5.41, 5.74) is 2.94. The number of phenolic OH excluding ortho intramolecular Hbond substituents is 2. The SMILES string of the molecule is CCOc1cc([C@H]2c3c(-c4ccccc4O)n[nH]c3C(=O)N2C)ccc1O. The Balaban J connectivity index is 1.89. The van der Waals surface area contributed by atoms with E-state index in [0.717, 1.165) is 5.56 Å². The first-order valence-corrected chi connectivity index (χ1v) is 8.62. The van der Waals surface area contributed by atoms with Gasteiger partial charge in [0, 0.05) is 18.2 Å². The van der Waals surface area contributed by atoms with Crippen molar-refractivity contribution in [1.29, 1.82) is 0 Å². The molecule has 2 aromatic carbocycles. The molecule has 7 nitrogen and oxygen atoms in total. The lowest BCUT2D eigenvalue weighted by atomic mass is 9.95. The van der Waals surface area contributed by atoms with E-state index in [1.807, 2.05) is 6.92 Å². The van der Waals surface area contributed by atoms with Gasteiger partial charge in [-0.25, -0.2) is 0 Å². The summed E-state index contributed by atoms with van der Waals surface area (Å²) < 4.78 is 5.49. The fourth-order valence-electron chi connectivity index (χ4n) is 3.51. The third kappa shape index (κ3) is 2.59. The molecule has 3 N–H and O–H groups in total. The second-order valence-electron chi connectivity index (χ2n) is 6.36. The molecule has 0 unspecified atom stereocenters. The molecule has 1 aliphatic heterocycles. The summed E-state index contributed by atoms with van der Waals surface area (Å²) in [6, 6.07) is 11.5. The molecule has 1 amide bonds. The fourth-order valence-corrected chi connectivity index (χ4v) is 3.51. The van der Waals surface area contributed by atoms with Gasteiger partial charge in [0.1, 0.15) is 17.1 Å². The van der Waals surface area contributed by atoms with Crippen LogP contribution in [0, 0.1) is 0 Å². The minimum atomic E-state index is -0.416. The molecule has 0 radical (unpaired) electrons. The molecule has 0 saturated carbocycles. The molecule has 7 heteroatoms. The van der Waals surface area contributed by atoms with Crippen molar-refractivity contribution in [1.82, 2.24) is 15.1 Å². The van der Waals surface area contributed by atoms with Crippen molar-refractivity contribution in [3.63, 3.8) is 0 Å². The monoisotopic (exact) mass is 365 g/mol. The number of phenols is 2. The molecular formula is C20H19N3O4. The number of carbonyl (C=O) groups is 1. The smallest absolute Gasteiger partial charge is 0.272 e. The molecule has 0 spiro atoms. The van der Waals surface area contributed by atoms with Gasteiger partial charge in [-0.15, -0.1) is 0 Å². The number of para-hydroxylation sites is 1. The average molecular weight is 365 g/mol. The Hall–Kier alpha value is -3.48. The molecule has 0 bridgehead atoms. The Kier molecular flexibility index (Phi) is 3.99. The van der Waals surface area contributed by atoms with Crippen molar-refractivity contribution in [3.8, 4) is 28.5 Å². The molecule has 0 fully saturated rings. The lowest BCUT2D eigenvalue weighted by Crippen LogP contribution is -2.24. The van der Waals surface area contributed by atoms with Crippen LogP contribution in [0.3, 0.4) is 0 Å². The topological polar surface area (TPSA) is 98.7 Å². The first-order valence-electron chi connectivity index (χ1n) is 8.62. The summed E-state index contributed by atoms with van der Waals surface area (Å²) >= 11 is 0. The zero-order valence-corrected chi connectivity index (χ0v) is 14.9. The van der Waals surface area contributed by atoms with Crippen molar-refractivity contribution < 1.29 is 19.7 Å². The highest BCUT2D eigenvalue weighted by molar-refractivity contribution is 6.00. The molecule has 4 rings (SSSR count). The molecule has 138 valence electrons. The number of amides is 1. The van der Waals surface area contributed by atoms with Crippen LogP contribution in [0.2, 0.25) is 0 Å². The summed E-state index contributed by atoms with van der Waals surface area (Å²) in [7, 11) is 1.71. The van der Waals surface area contributed by atoms with Crippen molar-refractivity contribution in [2.24, 2.45) is 0 Å². The zero-order chi connectivity index (χ0) is 19.1. The molecule has 0 aliphatic carbocycles. The first-order chi connectivity index (χ1) is 13.0. The van der Waals surface area contributed by atoms with Gasteiger partial charge in [0.15, 0.2) is 11.5 Å². The van der Waals surface area contributed by atoms with Crippen LogP contribution in [0.1, 0.15) is 34.6 Å². The molecule has 2 heterocycles. The standard InChI is InChI=1S/C20H19N3O4/c1-3-27-15-10-11(8-9-14(15)25)19-16-17(12-6-4-5-7-13(12)24)21-22-18(16)20(26)23(19)2/h4-10,19,24-25H,3H2,1-2H3,(H,21,22)/t19-/m0/s1. The maximum absolute atomic E-state index is 12.7. The van der Waals surface area contributed by atoms with Gasteiger partial charge in [0.2, 0.25) is 0 Å². The van der Waals surface area contributed by atoms with Crippen LogP contribution >= 0.6 is 0 Å². The van der Waals surface area contributed by atoms with E-state index in [0.29, 0.717) is 34.9 Å². The minimum Gasteiger partial charge on any atom is -0.507 e. The van der Waals surface area contributed by atoms with E-state index in [-0.39, 0.29) is 17.4 Å². The van der Waals surface area contributed by atoms with E-state index in [9.17, 15) is 15.0 Å². The van der Waals surface area contributed by atoms with Gasteiger partial charge in [-0.1, -0.05) is 18.2 Å². The van der Waals surface area contributed by atoms with Crippen LogP contribution in [-0.4, -0.2) is 44.9 Å². The van der Waals surface area contributed by atoms with Gasteiger partial charge >= 0.3 is 0 Å². The molecule has 1 atom stereocenters. The second-order valence-corrected chi connectivity index (χ2v) is 6.36. The number of H-pyrrole nitrogens is 1. The zero-order valence-electron chi connectivity index (χ0n) is 14.9. The highest BCUT2D eigenvalue weighted by Crippen LogP contribution is 2.44. The number of rotatable bonds is 4. The number of nitrogens with one attached hydrogen (secondary N) is 1. The summed E-state index contributed by atoms with van der Waals surface area (Å²) in [6.45, 7) is 2.25. The Bertz CT molecular complexity index is 1030. The number of aromatic nitrogens is 2. The van der Waals surface area contributed by atoms with Gasteiger partial charge in [-0.2, -0.15) is 5.10 Å². The number of nitrogens with zero attached hydrogens (tertiary/aromatic N) is 2. The summed E-state index contributed by atoms with van der Waals surface area (Å²) in [5.74, 6) is 0.307. The number of fused-ring (bicyclic) bond motifs is 1. The highest BCUT2D eigenvalue weighted by Gasteiger charge is 2.40. The Morgan fingerprint density at radius 3 is 2.70 bits per heavy atom. The molecule has 1 aliphatic rings. The van der Waals surface area contributed by atoms with Crippen molar-refractivity contribution in [2.45, 2.75) is 13.0 Å². The van der Waals surface area contributed by atoms with Gasteiger partial charge in [-0.3, -0.25) is 9.89 Å². The van der Waals surface area contributed by atoms with Crippen molar-refractivity contribution >= 4 is 5.91 Å². The lowest BCUT2D eigenvalue weighted by Gasteiger charge is -2.22. The highest BCUT2D eigenvalue weighted by atomic mass is 16.5. The summed E-state index contributed by atoms with van der Waals surface area (Å²) in [6.07, 6.45) is 0. The predicted molar refractivity (Wildman–Crippen MR) is 98.9 cm³/mol. The fraction of sp³-hybridized carbons (Fsp3) is 0.200. The number of benzene rings is 2. The second kappa shape index (κ2) is 6.35. The van der Waals surface area contributed by atoms with E-state index < -0.39 is 6.04 Å². The van der Waals surface area contributed by atoms with Gasteiger partial charge in [0.05, 0.1) is 12.6 Å². The predicted octanol–water partition coefficient (Wildman–Crippen LogP) is 3.06. The normalized spacial score (nSPS) is 15.9. The number of ether oxygens (including phenoxy) is 1. The minimum absolute atomic E-state index is 0.0425. The number of hydrogen-bond donors (Lipinski definition) is 3. The Morgan fingerprint density at radius 2 is 1.96 bits per heavy atom. The number of aromatic hydroxyl groups is 2. The Morgan fingerprint density at radius 1 is 1.19 bits per heavy atom. The molecule has 27 heavy (non-hydrogen) atoms. The third-order valence-electron chi connectivity index (χ3n) is 4.76. The molecule has 3 aromatic rings. The van der Waals surface area contributed by atoms with E-state index >= 15 is 0 Å². The maximum atomic E-state index is 12.7. The summed E-state index contributed by atoms with van der Waals surface area (Å²) in [5, 5.41) is 27.3. The number of carbonyl (C=O) groups excluding carboxylic acids is 1. The van der Waals surface area contributed by atoms with Crippen molar-refractivity contribution in [3.05, 3.63) is 59.3 Å². The van der Waals surface area contributed by atoms with Gasteiger partial charge in [0.25, 0.3) is 5.91 Å². The average Bonchev–Trinajstić information content (AvgIpc) is 3.18. The van der Waals surface area contributed by atoms with E-state index in [4.69, 9.17) is 4.74 Å². The quantitative estimate of drug-likeness (QED) is 0.660. The van der Waals surface area contributed by atoms with Gasteiger partial charge in [-0.05, 0) is 36.8 Å². The van der Waals surface area contributed by atoms with Crippen LogP contribution in [-0.2, 0) is 0 Å². The number of hydrogen-bond acceptors (Lipinski definition) is 5.